The summed E-state index contributed by atoms with van der Waals surface area (Å²) in [6, 6.07) is 22.6. The first kappa shape index (κ1) is 25.5. The van der Waals surface area contributed by atoms with Gasteiger partial charge in [0.2, 0.25) is 0 Å². The summed E-state index contributed by atoms with van der Waals surface area (Å²) in [4.78, 5) is 17.4. The van der Waals surface area contributed by atoms with Crippen molar-refractivity contribution in [2.75, 3.05) is 13.2 Å². The Hall–Kier alpha value is -3.60. The van der Waals surface area contributed by atoms with Gasteiger partial charge in [0.25, 0.3) is 5.91 Å². The summed E-state index contributed by atoms with van der Waals surface area (Å²) < 4.78 is 8.31. The second-order valence-corrected chi connectivity index (χ2v) is 9.40. The zero-order valence-electron chi connectivity index (χ0n) is 21.7. The fourth-order valence-electron chi connectivity index (χ4n) is 4.59. The molecule has 5 nitrogen and oxygen atoms in total. The lowest BCUT2D eigenvalue weighted by molar-refractivity contribution is 0.0952. The molecular weight excluding hydrogens is 446 g/mol. The number of hydrogen-bond acceptors (Lipinski definition) is 3. The van der Waals surface area contributed by atoms with Crippen LogP contribution in [0.2, 0.25) is 0 Å². The number of benzene rings is 3. The van der Waals surface area contributed by atoms with Crippen LogP contribution < -0.4 is 10.1 Å². The van der Waals surface area contributed by atoms with Crippen molar-refractivity contribution in [1.29, 1.82) is 0 Å². The molecule has 1 heterocycles. The normalized spacial score (nSPS) is 11.1. The standard InChI is InChI=1S/C31H37N3O2/c1-4-25-14-16-26(17-15-25)36-21-20-34-29-11-8-7-10-28(29)33-30(34)12-6-5-9-19-32-31(35)27-18-13-23(2)22-24(27)3/h7-8,10-11,13-18,22H,4-6,9,12,19-21H2,1-3H3,(H,32,35). The highest BCUT2D eigenvalue weighted by Gasteiger charge is 2.11. The topological polar surface area (TPSA) is 56.1 Å². The van der Waals surface area contributed by atoms with Gasteiger partial charge in [-0.25, -0.2) is 4.98 Å². The third-order valence-electron chi connectivity index (χ3n) is 6.64. The average molecular weight is 484 g/mol. The predicted molar refractivity (Wildman–Crippen MR) is 147 cm³/mol. The zero-order valence-corrected chi connectivity index (χ0v) is 21.7. The van der Waals surface area contributed by atoms with Crippen LogP contribution in [-0.2, 0) is 19.4 Å². The van der Waals surface area contributed by atoms with Crippen molar-refractivity contribution in [1.82, 2.24) is 14.9 Å². The van der Waals surface area contributed by atoms with Crippen molar-refractivity contribution in [3.63, 3.8) is 0 Å². The van der Waals surface area contributed by atoms with Crippen molar-refractivity contribution in [3.8, 4) is 5.75 Å². The predicted octanol–water partition coefficient (Wildman–Crippen LogP) is 6.44. The molecule has 0 aliphatic rings. The van der Waals surface area contributed by atoms with E-state index in [1.807, 2.05) is 50.2 Å². The van der Waals surface area contributed by atoms with Gasteiger partial charge in [-0.05, 0) is 74.6 Å². The van der Waals surface area contributed by atoms with Crippen LogP contribution in [0.4, 0.5) is 0 Å². The lowest BCUT2D eigenvalue weighted by Gasteiger charge is -2.11. The smallest absolute Gasteiger partial charge is 0.251 e. The molecule has 1 amide bonds. The first-order valence-corrected chi connectivity index (χ1v) is 13.1. The molecule has 0 unspecified atom stereocenters. The van der Waals surface area contributed by atoms with Crippen LogP contribution >= 0.6 is 0 Å². The Morgan fingerprint density at radius 1 is 0.972 bits per heavy atom. The lowest BCUT2D eigenvalue weighted by Crippen LogP contribution is -2.25. The number of carbonyl (C=O) groups excluding carboxylic acids is 1. The van der Waals surface area contributed by atoms with E-state index in [0.717, 1.165) is 72.4 Å². The molecule has 4 rings (SSSR count). The second kappa shape index (κ2) is 12.4. The number of nitrogens with zero attached hydrogens (tertiary/aromatic N) is 2. The number of aryl methyl sites for hydroxylation is 4. The van der Waals surface area contributed by atoms with Crippen molar-refractivity contribution < 1.29 is 9.53 Å². The van der Waals surface area contributed by atoms with Crippen molar-refractivity contribution in [3.05, 3.63) is 94.8 Å². The average Bonchev–Trinajstić information content (AvgIpc) is 3.23. The molecule has 0 fully saturated rings. The van der Waals surface area contributed by atoms with E-state index >= 15 is 0 Å². The summed E-state index contributed by atoms with van der Waals surface area (Å²) in [5.74, 6) is 2.01. The number of aromatic nitrogens is 2. The molecule has 0 atom stereocenters. The van der Waals surface area contributed by atoms with Gasteiger partial charge in [0.1, 0.15) is 18.2 Å². The molecule has 0 saturated carbocycles. The van der Waals surface area contributed by atoms with E-state index in [0.29, 0.717) is 13.2 Å². The minimum absolute atomic E-state index is 0.0126. The number of rotatable bonds is 12. The van der Waals surface area contributed by atoms with E-state index in [1.54, 1.807) is 0 Å². The van der Waals surface area contributed by atoms with Crippen molar-refractivity contribution in [2.45, 2.75) is 59.4 Å². The van der Waals surface area contributed by atoms with E-state index in [9.17, 15) is 4.79 Å². The quantitative estimate of drug-likeness (QED) is 0.236. The summed E-state index contributed by atoms with van der Waals surface area (Å²) in [5.41, 5.74) is 6.45. The molecule has 0 aliphatic carbocycles. The van der Waals surface area contributed by atoms with Gasteiger partial charge >= 0.3 is 0 Å². The van der Waals surface area contributed by atoms with Crippen LogP contribution in [0.25, 0.3) is 11.0 Å². The van der Waals surface area contributed by atoms with Gasteiger partial charge in [-0.3, -0.25) is 4.79 Å². The Morgan fingerprint density at radius 2 is 1.78 bits per heavy atom. The van der Waals surface area contributed by atoms with E-state index < -0.39 is 0 Å². The van der Waals surface area contributed by atoms with Crippen LogP contribution in [-0.4, -0.2) is 28.6 Å². The Labute approximate surface area is 214 Å². The fourth-order valence-corrected chi connectivity index (χ4v) is 4.59. The number of para-hydroxylation sites is 2. The van der Waals surface area contributed by atoms with E-state index in [2.05, 4.69) is 47.1 Å². The third kappa shape index (κ3) is 6.54. The first-order chi connectivity index (χ1) is 17.5. The number of ether oxygens (including phenoxy) is 1. The van der Waals surface area contributed by atoms with Crippen LogP contribution in [0, 0.1) is 13.8 Å². The molecule has 1 N–H and O–H groups in total. The Balaban J connectivity index is 1.26. The number of amides is 1. The number of fused-ring (bicyclic) bond motifs is 1. The van der Waals surface area contributed by atoms with Crippen LogP contribution in [0.3, 0.4) is 0 Å². The highest BCUT2D eigenvalue weighted by molar-refractivity contribution is 5.95. The summed E-state index contributed by atoms with van der Waals surface area (Å²) in [5, 5.41) is 3.07. The minimum Gasteiger partial charge on any atom is -0.492 e. The molecule has 0 radical (unpaired) electrons. The first-order valence-electron chi connectivity index (χ1n) is 13.1. The number of hydrogen-bond donors (Lipinski definition) is 1. The van der Waals surface area contributed by atoms with Gasteiger partial charge in [0.15, 0.2) is 0 Å². The summed E-state index contributed by atoms with van der Waals surface area (Å²) >= 11 is 0. The van der Waals surface area contributed by atoms with Crippen LogP contribution in [0.5, 0.6) is 5.75 Å². The molecular formula is C31H37N3O2. The number of nitrogens with one attached hydrogen (secondary N) is 1. The third-order valence-corrected chi connectivity index (χ3v) is 6.64. The van der Waals surface area contributed by atoms with Gasteiger partial charge in [-0.2, -0.15) is 0 Å². The Morgan fingerprint density at radius 3 is 2.56 bits per heavy atom. The summed E-state index contributed by atoms with van der Waals surface area (Å²) in [7, 11) is 0. The summed E-state index contributed by atoms with van der Waals surface area (Å²) in [6.07, 6.45) is 4.96. The number of carbonyl (C=O) groups is 1. The molecule has 1 aromatic heterocycles. The molecule has 0 bridgehead atoms. The molecule has 4 aromatic rings. The van der Waals surface area contributed by atoms with Crippen molar-refractivity contribution >= 4 is 16.9 Å². The monoisotopic (exact) mass is 483 g/mol. The molecule has 0 saturated heterocycles. The van der Waals surface area contributed by atoms with E-state index in [1.165, 1.54) is 11.1 Å². The molecule has 188 valence electrons. The maximum absolute atomic E-state index is 12.5. The van der Waals surface area contributed by atoms with Crippen molar-refractivity contribution in [2.24, 2.45) is 0 Å². The van der Waals surface area contributed by atoms with Gasteiger partial charge in [-0.15, -0.1) is 0 Å². The van der Waals surface area contributed by atoms with Gasteiger partial charge in [0.05, 0.1) is 17.6 Å². The van der Waals surface area contributed by atoms with Crippen LogP contribution in [0.1, 0.15) is 59.1 Å². The fraction of sp³-hybridized carbons (Fsp3) is 0.355. The molecule has 5 heteroatoms. The highest BCUT2D eigenvalue weighted by Crippen LogP contribution is 2.19. The molecule has 36 heavy (non-hydrogen) atoms. The second-order valence-electron chi connectivity index (χ2n) is 9.40. The highest BCUT2D eigenvalue weighted by atomic mass is 16.5. The maximum atomic E-state index is 12.5. The number of imidazole rings is 1. The van der Waals surface area contributed by atoms with E-state index in [4.69, 9.17) is 9.72 Å². The Kier molecular flexibility index (Phi) is 8.77. The maximum Gasteiger partial charge on any atom is 0.251 e. The molecule has 0 spiro atoms. The van der Waals surface area contributed by atoms with Crippen LogP contribution in [0.15, 0.2) is 66.7 Å². The largest absolute Gasteiger partial charge is 0.492 e. The van der Waals surface area contributed by atoms with Gasteiger partial charge in [0, 0.05) is 18.5 Å². The lowest BCUT2D eigenvalue weighted by atomic mass is 10.1. The molecule has 3 aromatic carbocycles. The molecule has 0 aliphatic heterocycles. The minimum atomic E-state index is 0.0126. The number of unbranched alkanes of at least 4 members (excludes halogenated alkanes) is 2. The van der Waals surface area contributed by atoms with Gasteiger partial charge < -0.3 is 14.6 Å². The zero-order chi connectivity index (χ0) is 25.3. The SMILES string of the molecule is CCc1ccc(OCCn2c(CCCCCNC(=O)c3ccc(C)cc3C)nc3ccccc32)cc1. The van der Waals surface area contributed by atoms with Gasteiger partial charge in [-0.1, -0.05) is 55.3 Å². The van der Waals surface area contributed by atoms with E-state index in [-0.39, 0.29) is 5.91 Å². The summed E-state index contributed by atoms with van der Waals surface area (Å²) in [6.45, 7) is 8.24. The Bertz CT molecular complexity index is 1290.